The average Bonchev–Trinajstić information content (AvgIpc) is 2.82. The van der Waals surface area contributed by atoms with Crippen LogP contribution in [0.2, 0.25) is 0 Å². The number of fused-ring (bicyclic) bond motifs is 2. The molecule has 0 aliphatic carbocycles. The zero-order valence-corrected chi connectivity index (χ0v) is 19.8. The van der Waals surface area contributed by atoms with Crippen LogP contribution in [0.5, 0.6) is 5.75 Å². The summed E-state index contributed by atoms with van der Waals surface area (Å²) in [5.74, 6) is 0.110. The third-order valence-corrected chi connectivity index (χ3v) is 7.74. The van der Waals surface area contributed by atoms with Crippen LogP contribution in [0.3, 0.4) is 0 Å². The zero-order chi connectivity index (χ0) is 23.6. The lowest BCUT2D eigenvalue weighted by atomic mass is 9.94. The van der Waals surface area contributed by atoms with Crippen molar-refractivity contribution >= 4 is 27.5 Å². The van der Waals surface area contributed by atoms with Crippen molar-refractivity contribution in [2.24, 2.45) is 0 Å². The first-order valence-electron chi connectivity index (χ1n) is 11.3. The van der Waals surface area contributed by atoms with E-state index in [0.29, 0.717) is 62.6 Å². The molecule has 1 N–H and O–H groups in total. The van der Waals surface area contributed by atoms with Crippen molar-refractivity contribution in [3.8, 4) is 5.75 Å². The van der Waals surface area contributed by atoms with Gasteiger partial charge in [0.1, 0.15) is 18.5 Å². The molecule has 3 heterocycles. The van der Waals surface area contributed by atoms with E-state index < -0.39 is 10.0 Å². The van der Waals surface area contributed by atoms with Crippen molar-refractivity contribution in [2.45, 2.75) is 44.4 Å². The molecule has 1 aromatic carbocycles. The van der Waals surface area contributed by atoms with E-state index in [9.17, 15) is 18.0 Å². The molecule has 4 rings (SSSR count). The SMILES string of the molecule is CCS(=O)(=O)Nc1ccc2c(c1)C(=O)N(C)[C@@H]1CC[C@H](CC(=O)N3CCOCC3)O[C@@H]1CO2. The van der Waals surface area contributed by atoms with Crippen LogP contribution in [0.15, 0.2) is 18.2 Å². The molecule has 0 unspecified atom stereocenters. The van der Waals surface area contributed by atoms with Gasteiger partial charge in [0.2, 0.25) is 15.9 Å². The molecular weight excluding hydrogens is 450 g/mol. The predicted octanol–water partition coefficient (Wildman–Crippen LogP) is 1.08. The Bertz CT molecular complexity index is 994. The van der Waals surface area contributed by atoms with Gasteiger partial charge in [-0.3, -0.25) is 14.3 Å². The smallest absolute Gasteiger partial charge is 0.257 e. The van der Waals surface area contributed by atoms with Gasteiger partial charge < -0.3 is 24.0 Å². The Morgan fingerprint density at radius 3 is 2.70 bits per heavy atom. The van der Waals surface area contributed by atoms with Crippen LogP contribution >= 0.6 is 0 Å². The number of carbonyl (C=O) groups excluding carboxylic acids is 2. The summed E-state index contributed by atoms with van der Waals surface area (Å²) in [7, 11) is -1.74. The number of anilines is 1. The summed E-state index contributed by atoms with van der Waals surface area (Å²) in [6.45, 7) is 4.10. The highest BCUT2D eigenvalue weighted by atomic mass is 32.2. The van der Waals surface area contributed by atoms with Gasteiger partial charge in [-0.05, 0) is 38.0 Å². The molecule has 2 fully saturated rings. The van der Waals surface area contributed by atoms with E-state index in [1.165, 1.54) is 6.07 Å². The summed E-state index contributed by atoms with van der Waals surface area (Å²) in [4.78, 5) is 29.3. The lowest BCUT2D eigenvalue weighted by Gasteiger charge is -2.42. The number of morpholine rings is 1. The van der Waals surface area contributed by atoms with Crippen molar-refractivity contribution < 1.29 is 32.2 Å². The lowest BCUT2D eigenvalue weighted by molar-refractivity contribution is -0.146. The first kappa shape index (κ1) is 23.8. The van der Waals surface area contributed by atoms with E-state index in [2.05, 4.69) is 4.72 Å². The fourth-order valence-corrected chi connectivity index (χ4v) is 5.11. The maximum Gasteiger partial charge on any atom is 0.257 e. The highest BCUT2D eigenvalue weighted by Gasteiger charge is 2.39. The fraction of sp³-hybridized carbons (Fsp3) is 0.636. The monoisotopic (exact) mass is 481 g/mol. The number of amides is 2. The summed E-state index contributed by atoms with van der Waals surface area (Å²) in [5, 5.41) is 0. The third-order valence-electron chi connectivity index (χ3n) is 6.43. The molecule has 11 heteroatoms. The molecule has 0 spiro atoms. The minimum Gasteiger partial charge on any atom is -0.490 e. The van der Waals surface area contributed by atoms with Crippen molar-refractivity contribution in [1.29, 1.82) is 0 Å². The normalized spacial score (nSPS) is 25.9. The summed E-state index contributed by atoms with van der Waals surface area (Å²) in [5.41, 5.74) is 0.622. The Kier molecular flexibility index (Phi) is 7.10. The second-order valence-electron chi connectivity index (χ2n) is 8.58. The molecule has 182 valence electrons. The number of carbonyl (C=O) groups is 2. The summed E-state index contributed by atoms with van der Waals surface area (Å²) in [6, 6.07) is 4.48. The van der Waals surface area contributed by atoms with Gasteiger partial charge in [-0.1, -0.05) is 0 Å². The molecule has 3 aliphatic rings. The number of hydrogen-bond acceptors (Lipinski definition) is 7. The van der Waals surface area contributed by atoms with E-state index in [0.717, 1.165) is 0 Å². The molecule has 2 amide bonds. The topological polar surface area (TPSA) is 114 Å². The van der Waals surface area contributed by atoms with Crippen LogP contribution in [0, 0.1) is 0 Å². The maximum absolute atomic E-state index is 13.2. The Hall–Kier alpha value is -2.37. The molecule has 3 atom stereocenters. The van der Waals surface area contributed by atoms with Crippen molar-refractivity contribution in [2.75, 3.05) is 50.4 Å². The number of hydrogen-bond donors (Lipinski definition) is 1. The van der Waals surface area contributed by atoms with Crippen molar-refractivity contribution in [3.63, 3.8) is 0 Å². The van der Waals surface area contributed by atoms with Gasteiger partial charge in [-0.2, -0.15) is 0 Å². The minimum atomic E-state index is -3.46. The molecule has 1 aromatic rings. The van der Waals surface area contributed by atoms with Crippen LogP contribution in [-0.4, -0.2) is 94.0 Å². The van der Waals surface area contributed by atoms with E-state index in [1.807, 2.05) is 4.90 Å². The van der Waals surface area contributed by atoms with Crippen LogP contribution in [0.1, 0.15) is 36.5 Å². The number of nitrogens with one attached hydrogen (secondary N) is 1. The number of sulfonamides is 1. The molecule has 0 aromatic heterocycles. The number of rotatable bonds is 5. The fourth-order valence-electron chi connectivity index (χ4n) is 4.48. The van der Waals surface area contributed by atoms with Gasteiger partial charge in [-0.15, -0.1) is 0 Å². The Balaban J connectivity index is 1.46. The number of benzene rings is 1. The predicted molar refractivity (Wildman–Crippen MR) is 121 cm³/mol. The Morgan fingerprint density at radius 2 is 1.97 bits per heavy atom. The quantitative estimate of drug-likeness (QED) is 0.669. The largest absolute Gasteiger partial charge is 0.490 e. The molecular formula is C22H31N3O7S. The van der Waals surface area contributed by atoms with E-state index >= 15 is 0 Å². The van der Waals surface area contributed by atoms with Crippen LogP contribution in [0.25, 0.3) is 0 Å². The standard InChI is InChI=1S/C22H31N3O7S/c1-3-33(28,29)23-15-4-7-19-17(12-15)22(27)24(2)18-6-5-16(32-20(18)14-31-19)13-21(26)25-8-10-30-11-9-25/h4,7,12,16,18,20,23H,3,5-6,8-11,13-14H2,1-2H3/t16-,18-,20-/m1/s1. The molecule has 33 heavy (non-hydrogen) atoms. The summed E-state index contributed by atoms with van der Waals surface area (Å²) in [6.07, 6.45) is 1.07. The van der Waals surface area contributed by atoms with E-state index in [-0.39, 0.29) is 42.4 Å². The first-order chi connectivity index (χ1) is 15.8. The Morgan fingerprint density at radius 1 is 1.21 bits per heavy atom. The van der Waals surface area contributed by atoms with Gasteiger partial charge in [0, 0.05) is 25.8 Å². The molecule has 0 radical (unpaired) electrons. The number of ether oxygens (including phenoxy) is 3. The van der Waals surface area contributed by atoms with Gasteiger partial charge in [-0.25, -0.2) is 8.42 Å². The van der Waals surface area contributed by atoms with Crippen molar-refractivity contribution in [3.05, 3.63) is 23.8 Å². The zero-order valence-electron chi connectivity index (χ0n) is 19.0. The highest BCUT2D eigenvalue weighted by molar-refractivity contribution is 7.92. The molecule has 2 saturated heterocycles. The molecule has 0 saturated carbocycles. The molecule has 0 bridgehead atoms. The molecule has 10 nitrogen and oxygen atoms in total. The second kappa shape index (κ2) is 9.86. The lowest BCUT2D eigenvalue weighted by Crippen LogP contribution is -2.54. The molecule has 3 aliphatic heterocycles. The second-order valence-corrected chi connectivity index (χ2v) is 10.6. The minimum absolute atomic E-state index is 0.0605. The van der Waals surface area contributed by atoms with Crippen molar-refractivity contribution in [1.82, 2.24) is 9.80 Å². The van der Waals surface area contributed by atoms with Gasteiger partial charge in [0.05, 0.1) is 43.1 Å². The van der Waals surface area contributed by atoms with Gasteiger partial charge >= 0.3 is 0 Å². The van der Waals surface area contributed by atoms with E-state index in [4.69, 9.17) is 14.2 Å². The Labute approximate surface area is 194 Å². The van der Waals surface area contributed by atoms with Gasteiger partial charge in [0.15, 0.2) is 0 Å². The average molecular weight is 482 g/mol. The number of likely N-dealkylation sites (N-methyl/N-ethyl adjacent to an activating group) is 1. The van der Waals surface area contributed by atoms with Gasteiger partial charge in [0.25, 0.3) is 5.91 Å². The van der Waals surface area contributed by atoms with Crippen LogP contribution < -0.4 is 9.46 Å². The first-order valence-corrected chi connectivity index (χ1v) is 13.0. The number of nitrogens with zero attached hydrogens (tertiary/aromatic N) is 2. The summed E-state index contributed by atoms with van der Waals surface area (Å²) < 4.78 is 43.8. The maximum atomic E-state index is 13.2. The summed E-state index contributed by atoms with van der Waals surface area (Å²) >= 11 is 0. The van der Waals surface area contributed by atoms with E-state index in [1.54, 1.807) is 31.0 Å². The van der Waals surface area contributed by atoms with Crippen LogP contribution in [0.4, 0.5) is 5.69 Å². The highest BCUT2D eigenvalue weighted by Crippen LogP contribution is 2.33. The van der Waals surface area contributed by atoms with Crippen LogP contribution in [-0.2, 0) is 24.3 Å². The third kappa shape index (κ3) is 5.42.